The minimum absolute atomic E-state index is 0.0477. The number of carbonyl (C=O) groups excluding carboxylic acids is 1. The van der Waals surface area contributed by atoms with Crippen molar-refractivity contribution in [2.75, 3.05) is 6.61 Å². The molecule has 1 saturated heterocycles. The molecule has 27 heavy (non-hydrogen) atoms. The van der Waals surface area contributed by atoms with Crippen LogP contribution in [0.5, 0.6) is 0 Å². The van der Waals surface area contributed by atoms with Gasteiger partial charge in [0.05, 0.1) is 18.8 Å². The van der Waals surface area contributed by atoms with Crippen molar-refractivity contribution in [2.24, 2.45) is 11.3 Å². The molecule has 2 aliphatic rings. The topological polar surface area (TPSA) is 137 Å². The van der Waals surface area contributed by atoms with Crippen LogP contribution in [0.1, 0.15) is 40.5 Å². The molecule has 0 aromatic rings. The summed E-state index contributed by atoms with van der Waals surface area (Å²) in [6, 6.07) is 0. The predicted octanol–water partition coefficient (Wildman–Crippen LogP) is -0.496. The molecule has 0 radical (unpaired) electrons. The molecule has 0 spiro atoms. The summed E-state index contributed by atoms with van der Waals surface area (Å²) >= 11 is 0. The maximum Gasteiger partial charge on any atom is 0.186 e. The van der Waals surface area contributed by atoms with Gasteiger partial charge in [-0.25, -0.2) is 0 Å². The molecule has 5 N–H and O–H groups in total. The quantitative estimate of drug-likeness (QED) is 0.411. The summed E-state index contributed by atoms with van der Waals surface area (Å²) in [5.74, 6) is -0.164. The molecule has 0 aromatic carbocycles. The molecule has 0 aromatic heterocycles. The van der Waals surface area contributed by atoms with Gasteiger partial charge in [-0.2, -0.15) is 0 Å². The molecular weight excluding hydrogens is 356 g/mol. The maximum atomic E-state index is 11.8. The maximum absolute atomic E-state index is 11.8. The highest BCUT2D eigenvalue weighted by Gasteiger charge is 2.45. The van der Waals surface area contributed by atoms with Crippen LogP contribution in [-0.2, 0) is 14.3 Å². The molecule has 8 heteroatoms. The van der Waals surface area contributed by atoms with Crippen LogP contribution in [0.4, 0.5) is 0 Å². The fourth-order valence-electron chi connectivity index (χ4n) is 4.33. The number of carbonyl (C=O) groups is 1. The Morgan fingerprint density at radius 1 is 1.26 bits per heavy atom. The molecule has 8 nitrogen and oxygen atoms in total. The highest BCUT2D eigenvalue weighted by molar-refractivity contribution is 5.92. The van der Waals surface area contributed by atoms with Gasteiger partial charge in [0, 0.05) is 12.3 Å². The molecule has 1 unspecified atom stereocenters. The Hall–Kier alpha value is -0.870. The summed E-state index contributed by atoms with van der Waals surface area (Å²) in [5.41, 5.74) is 0.432. The average molecular weight is 388 g/mol. The van der Waals surface area contributed by atoms with E-state index >= 15 is 0 Å². The van der Waals surface area contributed by atoms with Gasteiger partial charge in [-0.15, -0.1) is 0 Å². The van der Waals surface area contributed by atoms with E-state index in [1.807, 2.05) is 20.8 Å². The van der Waals surface area contributed by atoms with Crippen molar-refractivity contribution in [3.63, 3.8) is 0 Å². The summed E-state index contributed by atoms with van der Waals surface area (Å²) < 4.78 is 11.0. The Bertz CT molecular complexity index is 558. The number of ether oxygens (including phenoxy) is 2. The van der Waals surface area contributed by atoms with E-state index in [0.717, 1.165) is 5.57 Å². The largest absolute Gasteiger partial charge is 0.394 e. The zero-order chi connectivity index (χ0) is 20.5. The predicted molar refractivity (Wildman–Crippen MR) is 95.6 cm³/mol. The second-order valence-corrected chi connectivity index (χ2v) is 8.44. The van der Waals surface area contributed by atoms with Crippen molar-refractivity contribution < 1.29 is 39.8 Å². The Morgan fingerprint density at radius 3 is 2.44 bits per heavy atom. The number of rotatable bonds is 6. The third kappa shape index (κ3) is 4.95. The number of aliphatic hydroxyl groups excluding tert-OH is 5. The van der Waals surface area contributed by atoms with E-state index in [0.29, 0.717) is 6.42 Å². The highest BCUT2D eigenvalue weighted by atomic mass is 16.7. The SMILES string of the molecule is CC1=CC(=O)CC(C)(C)[C@H]1C(O)C[C@@H](C)O[C@@H]1O[C@H](CO)[C@@H](O)[C@H](O)[C@H]1O. The fourth-order valence-corrected chi connectivity index (χ4v) is 4.33. The molecule has 0 bridgehead atoms. The molecule has 156 valence electrons. The van der Waals surface area contributed by atoms with Crippen LogP contribution in [-0.4, -0.2) is 80.8 Å². The van der Waals surface area contributed by atoms with E-state index in [2.05, 4.69) is 0 Å². The molecule has 0 saturated carbocycles. The van der Waals surface area contributed by atoms with Crippen LogP contribution in [0.15, 0.2) is 11.6 Å². The first-order valence-electron chi connectivity index (χ1n) is 9.33. The molecule has 0 amide bonds. The van der Waals surface area contributed by atoms with Crippen LogP contribution in [0.3, 0.4) is 0 Å². The van der Waals surface area contributed by atoms with E-state index < -0.39 is 54.9 Å². The van der Waals surface area contributed by atoms with Crippen LogP contribution >= 0.6 is 0 Å². The molecular formula is C19H32O8. The zero-order valence-electron chi connectivity index (χ0n) is 16.3. The van der Waals surface area contributed by atoms with E-state index in [9.17, 15) is 30.3 Å². The van der Waals surface area contributed by atoms with Gasteiger partial charge >= 0.3 is 0 Å². The summed E-state index contributed by atoms with van der Waals surface area (Å²) in [6.45, 7) is 6.88. The lowest BCUT2D eigenvalue weighted by molar-refractivity contribution is -0.311. The van der Waals surface area contributed by atoms with Gasteiger partial charge in [0.1, 0.15) is 24.4 Å². The van der Waals surface area contributed by atoms with Crippen LogP contribution in [0, 0.1) is 11.3 Å². The van der Waals surface area contributed by atoms with Crippen LogP contribution < -0.4 is 0 Å². The fraction of sp³-hybridized carbons (Fsp3) is 0.842. The molecule has 1 aliphatic heterocycles. The van der Waals surface area contributed by atoms with Crippen molar-refractivity contribution in [3.05, 3.63) is 11.6 Å². The lowest BCUT2D eigenvalue weighted by Gasteiger charge is -2.42. The number of hydrogen-bond donors (Lipinski definition) is 5. The molecule has 1 aliphatic carbocycles. The van der Waals surface area contributed by atoms with Crippen molar-refractivity contribution in [1.82, 2.24) is 0 Å². The molecule has 8 atom stereocenters. The Labute approximate surface area is 159 Å². The van der Waals surface area contributed by atoms with Crippen molar-refractivity contribution in [3.8, 4) is 0 Å². The molecule has 2 rings (SSSR count). The second-order valence-electron chi connectivity index (χ2n) is 8.44. The first kappa shape index (κ1) is 22.4. The van der Waals surface area contributed by atoms with Crippen molar-refractivity contribution >= 4 is 5.78 Å². The lowest BCUT2D eigenvalue weighted by atomic mass is 9.65. The van der Waals surface area contributed by atoms with Crippen LogP contribution in [0.2, 0.25) is 0 Å². The van der Waals surface area contributed by atoms with Gasteiger partial charge in [0.2, 0.25) is 0 Å². The van der Waals surface area contributed by atoms with Gasteiger partial charge in [0.25, 0.3) is 0 Å². The number of aliphatic hydroxyl groups is 5. The van der Waals surface area contributed by atoms with Crippen LogP contribution in [0.25, 0.3) is 0 Å². The van der Waals surface area contributed by atoms with E-state index in [1.54, 1.807) is 13.0 Å². The smallest absolute Gasteiger partial charge is 0.186 e. The van der Waals surface area contributed by atoms with Gasteiger partial charge in [-0.3, -0.25) is 4.79 Å². The average Bonchev–Trinajstić information content (AvgIpc) is 2.53. The monoisotopic (exact) mass is 388 g/mol. The van der Waals surface area contributed by atoms with E-state index in [4.69, 9.17) is 9.47 Å². The number of hydrogen-bond acceptors (Lipinski definition) is 8. The van der Waals surface area contributed by atoms with Gasteiger partial charge in [0.15, 0.2) is 12.1 Å². The minimum atomic E-state index is -1.51. The number of allylic oxidation sites excluding steroid dienone is 1. The summed E-state index contributed by atoms with van der Waals surface area (Å²) in [7, 11) is 0. The number of ketones is 1. The van der Waals surface area contributed by atoms with Gasteiger partial charge in [-0.1, -0.05) is 19.4 Å². The normalized spacial score (nSPS) is 39.0. The highest BCUT2D eigenvalue weighted by Crippen LogP contribution is 2.42. The minimum Gasteiger partial charge on any atom is -0.394 e. The zero-order valence-corrected chi connectivity index (χ0v) is 16.3. The van der Waals surface area contributed by atoms with E-state index in [-0.39, 0.29) is 18.1 Å². The molecule has 1 fully saturated rings. The Balaban J connectivity index is 2.01. The van der Waals surface area contributed by atoms with Gasteiger partial charge < -0.3 is 35.0 Å². The third-order valence-corrected chi connectivity index (χ3v) is 5.52. The lowest BCUT2D eigenvalue weighted by Crippen LogP contribution is -2.59. The molecule has 1 heterocycles. The Morgan fingerprint density at radius 2 is 1.89 bits per heavy atom. The first-order chi connectivity index (χ1) is 12.5. The third-order valence-electron chi connectivity index (χ3n) is 5.52. The summed E-state index contributed by atoms with van der Waals surface area (Å²) in [4.78, 5) is 11.8. The first-order valence-corrected chi connectivity index (χ1v) is 9.33. The van der Waals surface area contributed by atoms with Crippen molar-refractivity contribution in [2.45, 2.75) is 83.5 Å². The standard InChI is InChI=1S/C19H32O8/c1-9-5-11(21)7-19(3,4)14(9)12(22)6-10(2)26-18-17(25)16(24)15(23)13(8-20)27-18/h5,10,12-18,20,22-25H,6-8H2,1-4H3/t10-,12?,13-,14-,15-,16+,17-,18-/m1/s1. The summed E-state index contributed by atoms with van der Waals surface area (Å²) in [6.07, 6.45) is -5.87. The second kappa shape index (κ2) is 8.65. The Kier molecular flexibility index (Phi) is 7.18. The van der Waals surface area contributed by atoms with E-state index in [1.165, 1.54) is 0 Å². The van der Waals surface area contributed by atoms with Gasteiger partial charge in [-0.05, 0) is 31.8 Å². The summed E-state index contributed by atoms with van der Waals surface area (Å²) in [5, 5.41) is 49.7. The van der Waals surface area contributed by atoms with Crippen molar-refractivity contribution in [1.29, 1.82) is 0 Å².